The van der Waals surface area contributed by atoms with E-state index in [1.54, 1.807) is 9.13 Å². The van der Waals surface area contributed by atoms with Crippen molar-refractivity contribution in [2.24, 2.45) is 0 Å². The first-order chi connectivity index (χ1) is 14.5. The standard InChI is InChI=1S/C24H29N3O3/c1-4-26-20-7-5-6-8-21(20)27(24(26)29)16-23(28)25-13-11-19(12-14-25)30-22-15-17(2)9-10-18(22)3/h5-10,15,19H,4,11-14,16H2,1-3H3. The van der Waals surface area contributed by atoms with Crippen LogP contribution in [0.2, 0.25) is 0 Å². The Hall–Kier alpha value is -3.02. The second-order valence-corrected chi connectivity index (χ2v) is 8.07. The minimum atomic E-state index is -0.125. The van der Waals surface area contributed by atoms with Gasteiger partial charge in [0.2, 0.25) is 5.91 Å². The summed E-state index contributed by atoms with van der Waals surface area (Å²) in [6.45, 7) is 8.02. The lowest BCUT2D eigenvalue weighted by Crippen LogP contribution is -2.44. The van der Waals surface area contributed by atoms with Gasteiger partial charge in [0, 0.05) is 32.5 Å². The lowest BCUT2D eigenvalue weighted by molar-refractivity contribution is -0.133. The summed E-state index contributed by atoms with van der Waals surface area (Å²) in [6.07, 6.45) is 1.70. The van der Waals surface area contributed by atoms with Crippen molar-refractivity contribution in [2.75, 3.05) is 13.1 Å². The molecule has 1 fully saturated rings. The number of ether oxygens (including phenoxy) is 1. The SMILES string of the molecule is CCn1c(=O)n(CC(=O)N2CCC(Oc3cc(C)ccc3C)CC2)c2ccccc21. The van der Waals surface area contributed by atoms with Crippen molar-refractivity contribution in [2.45, 2.75) is 52.8 Å². The van der Waals surface area contributed by atoms with Gasteiger partial charge in [0.15, 0.2) is 0 Å². The smallest absolute Gasteiger partial charge is 0.329 e. The Morgan fingerprint density at radius 2 is 1.70 bits per heavy atom. The molecule has 0 spiro atoms. The van der Waals surface area contributed by atoms with Crippen LogP contribution in [0.25, 0.3) is 11.0 Å². The molecule has 1 aliphatic rings. The van der Waals surface area contributed by atoms with Crippen LogP contribution < -0.4 is 10.4 Å². The molecule has 0 atom stereocenters. The van der Waals surface area contributed by atoms with E-state index in [9.17, 15) is 9.59 Å². The Labute approximate surface area is 176 Å². The highest BCUT2D eigenvalue weighted by Crippen LogP contribution is 2.24. The summed E-state index contributed by atoms with van der Waals surface area (Å²) in [5.74, 6) is 0.917. The number of aryl methyl sites for hydroxylation is 3. The predicted molar refractivity (Wildman–Crippen MR) is 118 cm³/mol. The third kappa shape index (κ3) is 3.86. The van der Waals surface area contributed by atoms with E-state index < -0.39 is 0 Å². The number of piperidine rings is 1. The number of nitrogens with zero attached hydrogens (tertiary/aromatic N) is 3. The minimum Gasteiger partial charge on any atom is -0.490 e. The quantitative estimate of drug-likeness (QED) is 0.650. The summed E-state index contributed by atoms with van der Waals surface area (Å²) in [7, 11) is 0. The molecule has 0 aliphatic carbocycles. The van der Waals surface area contributed by atoms with E-state index in [1.165, 1.54) is 5.56 Å². The molecule has 30 heavy (non-hydrogen) atoms. The number of likely N-dealkylation sites (tertiary alicyclic amines) is 1. The van der Waals surface area contributed by atoms with Gasteiger partial charge < -0.3 is 9.64 Å². The fraction of sp³-hybridized carbons (Fsp3) is 0.417. The summed E-state index contributed by atoms with van der Waals surface area (Å²) in [4.78, 5) is 27.6. The molecule has 1 amide bonds. The highest BCUT2D eigenvalue weighted by Gasteiger charge is 2.25. The average Bonchev–Trinajstić information content (AvgIpc) is 3.02. The molecule has 0 radical (unpaired) electrons. The van der Waals surface area contributed by atoms with Crippen LogP contribution in [0.3, 0.4) is 0 Å². The van der Waals surface area contributed by atoms with Crippen LogP contribution in [0.15, 0.2) is 47.3 Å². The molecule has 0 N–H and O–H groups in total. The Balaban J connectivity index is 1.42. The van der Waals surface area contributed by atoms with Crippen LogP contribution in [-0.4, -0.2) is 39.1 Å². The zero-order chi connectivity index (χ0) is 21.3. The van der Waals surface area contributed by atoms with Gasteiger partial charge in [0.1, 0.15) is 18.4 Å². The summed E-state index contributed by atoms with van der Waals surface area (Å²) < 4.78 is 9.52. The van der Waals surface area contributed by atoms with Crippen LogP contribution in [0.5, 0.6) is 5.75 Å². The molecule has 0 bridgehead atoms. The molecule has 4 rings (SSSR count). The number of hydrogen-bond acceptors (Lipinski definition) is 3. The highest BCUT2D eigenvalue weighted by atomic mass is 16.5. The van der Waals surface area contributed by atoms with Crippen molar-refractivity contribution in [1.29, 1.82) is 0 Å². The second-order valence-electron chi connectivity index (χ2n) is 8.07. The lowest BCUT2D eigenvalue weighted by atomic mass is 10.1. The summed E-state index contributed by atoms with van der Waals surface area (Å²) in [5.41, 5.74) is 3.87. The first-order valence-corrected chi connectivity index (χ1v) is 10.7. The van der Waals surface area contributed by atoms with E-state index in [-0.39, 0.29) is 24.2 Å². The topological polar surface area (TPSA) is 56.5 Å². The zero-order valence-electron chi connectivity index (χ0n) is 17.9. The number of rotatable bonds is 5. The van der Waals surface area contributed by atoms with Crippen LogP contribution >= 0.6 is 0 Å². The Morgan fingerprint density at radius 3 is 2.37 bits per heavy atom. The molecular weight excluding hydrogens is 378 g/mol. The molecule has 2 aromatic carbocycles. The summed E-state index contributed by atoms with van der Waals surface area (Å²) in [6, 6.07) is 13.9. The Morgan fingerprint density at radius 1 is 1.03 bits per heavy atom. The summed E-state index contributed by atoms with van der Waals surface area (Å²) in [5, 5.41) is 0. The predicted octanol–water partition coefficient (Wildman–Crippen LogP) is 3.51. The van der Waals surface area contributed by atoms with E-state index in [2.05, 4.69) is 32.0 Å². The fourth-order valence-electron chi connectivity index (χ4n) is 4.20. The third-order valence-corrected chi connectivity index (χ3v) is 5.97. The average molecular weight is 408 g/mol. The third-order valence-electron chi connectivity index (χ3n) is 5.97. The van der Waals surface area contributed by atoms with Gasteiger partial charge in [0.05, 0.1) is 11.0 Å². The van der Waals surface area contributed by atoms with E-state index in [0.29, 0.717) is 19.6 Å². The lowest BCUT2D eigenvalue weighted by Gasteiger charge is -2.32. The first-order valence-electron chi connectivity index (χ1n) is 10.7. The first kappa shape index (κ1) is 20.3. The molecule has 158 valence electrons. The maximum atomic E-state index is 12.9. The summed E-state index contributed by atoms with van der Waals surface area (Å²) >= 11 is 0. The van der Waals surface area contributed by atoms with Crippen molar-refractivity contribution in [1.82, 2.24) is 14.0 Å². The van der Waals surface area contributed by atoms with Crippen molar-refractivity contribution >= 4 is 16.9 Å². The molecule has 0 saturated carbocycles. The molecule has 2 heterocycles. The van der Waals surface area contributed by atoms with E-state index in [0.717, 1.165) is 35.2 Å². The highest BCUT2D eigenvalue weighted by molar-refractivity contribution is 5.81. The number of para-hydroxylation sites is 2. The Kier molecular flexibility index (Phi) is 5.66. The molecule has 6 nitrogen and oxygen atoms in total. The van der Waals surface area contributed by atoms with Gasteiger partial charge in [-0.2, -0.15) is 0 Å². The van der Waals surface area contributed by atoms with Crippen molar-refractivity contribution in [3.05, 3.63) is 64.1 Å². The van der Waals surface area contributed by atoms with Gasteiger partial charge in [-0.05, 0) is 50.1 Å². The molecule has 1 aromatic heterocycles. The fourth-order valence-corrected chi connectivity index (χ4v) is 4.20. The van der Waals surface area contributed by atoms with Crippen LogP contribution in [0.4, 0.5) is 0 Å². The number of amides is 1. The van der Waals surface area contributed by atoms with Gasteiger partial charge in [-0.3, -0.25) is 13.9 Å². The van der Waals surface area contributed by atoms with Gasteiger partial charge in [0.25, 0.3) is 0 Å². The van der Waals surface area contributed by atoms with E-state index >= 15 is 0 Å². The van der Waals surface area contributed by atoms with E-state index in [1.807, 2.05) is 36.1 Å². The number of fused-ring (bicyclic) bond motifs is 1. The number of imidazole rings is 1. The maximum Gasteiger partial charge on any atom is 0.329 e. The molecule has 6 heteroatoms. The van der Waals surface area contributed by atoms with Crippen molar-refractivity contribution < 1.29 is 9.53 Å². The molecular formula is C24H29N3O3. The number of hydrogen-bond donors (Lipinski definition) is 0. The van der Waals surface area contributed by atoms with Crippen LogP contribution in [0, 0.1) is 13.8 Å². The minimum absolute atomic E-state index is 0.0127. The molecule has 3 aromatic rings. The maximum absolute atomic E-state index is 12.9. The number of carbonyl (C=O) groups is 1. The van der Waals surface area contributed by atoms with Gasteiger partial charge in [-0.15, -0.1) is 0 Å². The molecule has 1 saturated heterocycles. The van der Waals surface area contributed by atoms with Crippen LogP contribution in [-0.2, 0) is 17.9 Å². The molecule has 1 aliphatic heterocycles. The normalized spacial score (nSPS) is 15.0. The Bertz CT molecular complexity index is 1120. The van der Waals surface area contributed by atoms with Gasteiger partial charge in [-0.1, -0.05) is 24.3 Å². The van der Waals surface area contributed by atoms with Gasteiger partial charge >= 0.3 is 5.69 Å². The molecule has 0 unspecified atom stereocenters. The van der Waals surface area contributed by atoms with Crippen molar-refractivity contribution in [3.8, 4) is 5.75 Å². The second kappa shape index (κ2) is 8.38. The largest absolute Gasteiger partial charge is 0.490 e. The van der Waals surface area contributed by atoms with Crippen molar-refractivity contribution in [3.63, 3.8) is 0 Å². The number of benzene rings is 2. The van der Waals surface area contributed by atoms with Crippen LogP contribution in [0.1, 0.15) is 30.9 Å². The monoisotopic (exact) mass is 407 g/mol. The van der Waals surface area contributed by atoms with E-state index in [4.69, 9.17) is 4.74 Å². The number of aromatic nitrogens is 2. The zero-order valence-corrected chi connectivity index (χ0v) is 17.9. The number of carbonyl (C=O) groups excluding carboxylic acids is 1. The van der Waals surface area contributed by atoms with Gasteiger partial charge in [-0.25, -0.2) is 4.79 Å².